The zero-order valence-electron chi connectivity index (χ0n) is 17.7. The zero-order valence-corrected chi connectivity index (χ0v) is 17.7. The molecule has 2 aliphatic heterocycles. The van der Waals surface area contributed by atoms with Crippen molar-refractivity contribution in [1.29, 1.82) is 0 Å². The van der Waals surface area contributed by atoms with E-state index in [1.54, 1.807) is 24.3 Å². The largest absolute Gasteiger partial charge is 0.519 e. The Morgan fingerprint density at radius 1 is 1.31 bits per heavy atom. The van der Waals surface area contributed by atoms with Gasteiger partial charge in [0, 0.05) is 12.6 Å². The highest BCUT2D eigenvalue weighted by molar-refractivity contribution is 6.07. The van der Waals surface area contributed by atoms with Crippen LogP contribution in [0.4, 0.5) is 0 Å². The van der Waals surface area contributed by atoms with Crippen LogP contribution in [0.25, 0.3) is 5.57 Å². The number of hydrogen-bond acceptors (Lipinski definition) is 8. The molecule has 32 heavy (non-hydrogen) atoms. The first-order valence-electron chi connectivity index (χ1n) is 10.1. The topological polar surface area (TPSA) is 139 Å². The van der Waals surface area contributed by atoms with E-state index < -0.39 is 29.9 Å². The number of nitrogens with one attached hydrogen (secondary N) is 1. The molecule has 1 saturated heterocycles. The Morgan fingerprint density at radius 3 is 2.69 bits per heavy atom. The minimum absolute atomic E-state index is 0.0504. The quantitative estimate of drug-likeness (QED) is 0.498. The monoisotopic (exact) mass is 442 g/mol. The van der Waals surface area contributed by atoms with Crippen LogP contribution in [-0.2, 0) is 20.9 Å². The van der Waals surface area contributed by atoms with E-state index in [9.17, 15) is 24.3 Å². The average molecular weight is 442 g/mol. The smallest absolute Gasteiger partial charge is 0.453 e. The van der Waals surface area contributed by atoms with Crippen LogP contribution < -0.4 is 11.1 Å². The predicted molar refractivity (Wildman–Crippen MR) is 109 cm³/mol. The highest BCUT2D eigenvalue weighted by atomic mass is 16.6. The lowest BCUT2D eigenvalue weighted by atomic mass is 9.82. The molecular formula is C22H22N2O8. The SMILES string of the molecule is CNC(=O)c1cccc(C2=C(C(=O)OCc3oc(=O)oc3C)N3C(=O)C(C(C)O)C3C2)c1. The molecule has 4 rings (SSSR count). The van der Waals surface area contributed by atoms with Crippen LogP contribution in [0.2, 0.25) is 0 Å². The Hall–Kier alpha value is -3.66. The van der Waals surface area contributed by atoms with E-state index >= 15 is 0 Å². The molecule has 2 N–H and O–H groups in total. The molecule has 2 amide bonds. The Balaban J connectivity index is 1.69. The summed E-state index contributed by atoms with van der Waals surface area (Å²) in [6, 6.07) is 6.30. The van der Waals surface area contributed by atoms with Crippen molar-refractivity contribution < 1.29 is 33.1 Å². The second-order valence-corrected chi connectivity index (χ2v) is 7.74. The molecule has 0 radical (unpaired) electrons. The molecule has 0 spiro atoms. The van der Waals surface area contributed by atoms with Crippen molar-refractivity contribution in [3.63, 3.8) is 0 Å². The van der Waals surface area contributed by atoms with Gasteiger partial charge in [0.1, 0.15) is 5.70 Å². The summed E-state index contributed by atoms with van der Waals surface area (Å²) in [4.78, 5) is 50.4. The highest BCUT2D eigenvalue weighted by Crippen LogP contribution is 2.47. The number of carbonyl (C=O) groups excluding carboxylic acids is 3. The Bertz CT molecular complexity index is 1190. The molecule has 3 heterocycles. The summed E-state index contributed by atoms with van der Waals surface area (Å²) in [5, 5.41) is 12.6. The fourth-order valence-electron chi connectivity index (χ4n) is 4.21. The third-order valence-electron chi connectivity index (χ3n) is 5.79. The molecule has 0 aliphatic carbocycles. The number of esters is 1. The first-order chi connectivity index (χ1) is 15.2. The molecule has 1 aromatic heterocycles. The molecule has 10 nitrogen and oxygen atoms in total. The summed E-state index contributed by atoms with van der Waals surface area (Å²) in [6.07, 6.45) is -0.552. The van der Waals surface area contributed by atoms with E-state index in [1.165, 1.54) is 25.8 Å². The van der Waals surface area contributed by atoms with Gasteiger partial charge >= 0.3 is 11.8 Å². The van der Waals surface area contributed by atoms with Gasteiger partial charge in [-0.15, -0.1) is 0 Å². The summed E-state index contributed by atoms with van der Waals surface area (Å²) >= 11 is 0. The number of hydrogen-bond donors (Lipinski definition) is 2. The number of aryl methyl sites for hydroxylation is 1. The summed E-state index contributed by atoms with van der Waals surface area (Å²) in [5.74, 6) is -2.73. The third kappa shape index (κ3) is 3.52. The average Bonchev–Trinajstić information content (AvgIpc) is 3.27. The summed E-state index contributed by atoms with van der Waals surface area (Å²) < 4.78 is 14.9. The number of ether oxygens (including phenoxy) is 1. The summed E-state index contributed by atoms with van der Waals surface area (Å²) in [7, 11) is 1.51. The lowest BCUT2D eigenvalue weighted by Crippen LogP contribution is -2.61. The van der Waals surface area contributed by atoms with Gasteiger partial charge in [-0.2, -0.15) is 0 Å². The number of aliphatic hydroxyl groups excluding tert-OH is 1. The molecule has 168 valence electrons. The summed E-state index contributed by atoms with van der Waals surface area (Å²) in [5.41, 5.74) is 1.58. The maximum atomic E-state index is 13.0. The van der Waals surface area contributed by atoms with Crippen LogP contribution >= 0.6 is 0 Å². The molecule has 10 heteroatoms. The zero-order chi connectivity index (χ0) is 23.2. The maximum Gasteiger partial charge on any atom is 0.519 e. The van der Waals surface area contributed by atoms with E-state index in [0.29, 0.717) is 23.1 Å². The van der Waals surface area contributed by atoms with Crippen molar-refractivity contribution in [3.05, 3.63) is 63.2 Å². The molecule has 0 saturated carbocycles. The number of nitrogens with zero attached hydrogens (tertiary/aromatic N) is 1. The number of benzene rings is 1. The van der Waals surface area contributed by atoms with Crippen LogP contribution in [0.15, 0.2) is 43.6 Å². The van der Waals surface area contributed by atoms with Gasteiger partial charge in [0.15, 0.2) is 18.1 Å². The normalized spacial score (nSPS) is 20.6. The third-order valence-corrected chi connectivity index (χ3v) is 5.79. The van der Waals surface area contributed by atoms with Crippen molar-refractivity contribution in [2.75, 3.05) is 7.05 Å². The number of amides is 2. The molecular weight excluding hydrogens is 420 g/mol. The molecule has 3 atom stereocenters. The molecule has 2 aromatic rings. The van der Waals surface area contributed by atoms with Crippen LogP contribution in [0.1, 0.15) is 40.8 Å². The van der Waals surface area contributed by atoms with Crippen molar-refractivity contribution in [2.45, 2.75) is 39.0 Å². The van der Waals surface area contributed by atoms with E-state index in [0.717, 1.165) is 0 Å². The lowest BCUT2D eigenvalue weighted by Gasteiger charge is -2.44. The first-order valence-corrected chi connectivity index (χ1v) is 10.1. The number of fused-ring (bicyclic) bond motifs is 1. The fourth-order valence-corrected chi connectivity index (χ4v) is 4.21. The van der Waals surface area contributed by atoms with Crippen molar-refractivity contribution in [3.8, 4) is 0 Å². The highest BCUT2D eigenvalue weighted by Gasteiger charge is 2.57. The van der Waals surface area contributed by atoms with Crippen LogP contribution in [-0.4, -0.2) is 47.0 Å². The number of β-lactam (4-membered cyclic amide) rings is 1. The van der Waals surface area contributed by atoms with Crippen LogP contribution in [0.3, 0.4) is 0 Å². The fraction of sp³-hybridized carbons (Fsp3) is 0.364. The van der Waals surface area contributed by atoms with Crippen molar-refractivity contribution in [2.24, 2.45) is 5.92 Å². The lowest BCUT2D eigenvalue weighted by molar-refractivity contribution is -0.162. The van der Waals surface area contributed by atoms with Gasteiger partial charge < -0.3 is 28.9 Å². The number of rotatable bonds is 6. The van der Waals surface area contributed by atoms with Gasteiger partial charge in [0.25, 0.3) is 5.91 Å². The van der Waals surface area contributed by atoms with Crippen molar-refractivity contribution >= 4 is 23.4 Å². The second kappa shape index (κ2) is 8.12. The van der Waals surface area contributed by atoms with Crippen LogP contribution in [0, 0.1) is 12.8 Å². The minimum Gasteiger partial charge on any atom is -0.453 e. The maximum absolute atomic E-state index is 13.0. The van der Waals surface area contributed by atoms with Crippen LogP contribution in [0.5, 0.6) is 0 Å². The van der Waals surface area contributed by atoms with E-state index in [1.807, 2.05) is 0 Å². The van der Waals surface area contributed by atoms with Gasteiger partial charge in [-0.1, -0.05) is 12.1 Å². The molecule has 0 bridgehead atoms. The Morgan fingerprint density at radius 2 is 2.06 bits per heavy atom. The minimum atomic E-state index is -0.905. The molecule has 2 aliphatic rings. The van der Waals surface area contributed by atoms with Gasteiger partial charge in [-0.05, 0) is 43.5 Å². The number of carbonyl (C=O) groups is 3. The Kier molecular flexibility index (Phi) is 5.47. The second-order valence-electron chi connectivity index (χ2n) is 7.74. The van der Waals surface area contributed by atoms with Gasteiger partial charge in [0.2, 0.25) is 5.91 Å². The molecule has 1 fully saturated rings. The van der Waals surface area contributed by atoms with E-state index in [-0.39, 0.29) is 35.6 Å². The Labute approximate surface area is 182 Å². The standard InChI is InChI=1S/C22H22N2O8/c1-10(25)17-15-8-14(12-5-4-6-13(7-12)19(26)23-3)18(24(15)20(17)27)21(28)30-9-16-11(2)31-22(29)32-16/h4-7,10,15,17,25H,8-9H2,1-3H3,(H,23,26). The van der Waals surface area contributed by atoms with Gasteiger partial charge in [-0.3, -0.25) is 9.59 Å². The van der Waals surface area contributed by atoms with Gasteiger partial charge in [-0.25, -0.2) is 9.59 Å². The summed E-state index contributed by atoms with van der Waals surface area (Å²) in [6.45, 7) is 2.69. The molecule has 1 aromatic carbocycles. The van der Waals surface area contributed by atoms with E-state index in [2.05, 4.69) is 5.32 Å². The number of aliphatic hydroxyl groups is 1. The van der Waals surface area contributed by atoms with E-state index in [4.69, 9.17) is 13.6 Å². The molecule has 3 unspecified atom stereocenters. The van der Waals surface area contributed by atoms with Gasteiger partial charge in [0.05, 0.1) is 18.1 Å². The predicted octanol–water partition coefficient (Wildman–Crippen LogP) is 0.967. The van der Waals surface area contributed by atoms with Crippen molar-refractivity contribution in [1.82, 2.24) is 10.2 Å². The first kappa shape index (κ1) is 21.6.